The van der Waals surface area contributed by atoms with E-state index in [2.05, 4.69) is 23.7 Å². The predicted octanol–water partition coefficient (Wildman–Crippen LogP) is 2.79. The Morgan fingerprint density at radius 2 is 2.32 bits per heavy atom. The molecule has 1 aliphatic heterocycles. The molecule has 1 heterocycles. The largest absolute Gasteiger partial charge is 0.396 e. The van der Waals surface area contributed by atoms with Crippen molar-refractivity contribution >= 4 is 11.6 Å². The van der Waals surface area contributed by atoms with E-state index in [4.69, 9.17) is 11.6 Å². The molecule has 0 aliphatic carbocycles. The number of aliphatic hydroxyl groups is 1. The van der Waals surface area contributed by atoms with Crippen LogP contribution in [0.2, 0.25) is 5.02 Å². The van der Waals surface area contributed by atoms with Crippen molar-refractivity contribution in [1.82, 2.24) is 4.90 Å². The third-order valence-electron chi connectivity index (χ3n) is 3.60. The fourth-order valence-electron chi connectivity index (χ4n) is 2.51. The molecule has 0 bridgehead atoms. The normalized spacial score (nSPS) is 23.7. The lowest BCUT2D eigenvalue weighted by atomic mass is 9.83. The van der Waals surface area contributed by atoms with Gasteiger partial charge in [-0.15, -0.1) is 0 Å². The predicted molar refractivity (Wildman–Crippen MR) is 79.2 cm³/mol. The molecular formula is C16H20ClNO. The molecule has 0 amide bonds. The summed E-state index contributed by atoms with van der Waals surface area (Å²) in [4.78, 5) is 2.32. The molecular weight excluding hydrogens is 258 g/mol. The van der Waals surface area contributed by atoms with Crippen LogP contribution in [0.1, 0.15) is 25.3 Å². The highest BCUT2D eigenvalue weighted by atomic mass is 35.5. The van der Waals surface area contributed by atoms with Gasteiger partial charge in [0.15, 0.2) is 0 Å². The van der Waals surface area contributed by atoms with E-state index in [-0.39, 0.29) is 12.0 Å². The quantitative estimate of drug-likeness (QED) is 0.841. The maximum absolute atomic E-state index is 9.42. The standard InChI is InChI=1S/C16H20ClNO/c1-16(13-19)8-4-10-18(12-16)9-3-6-14-5-2-7-15(17)11-14/h2,5,7,11,19H,4,8-10,12-13H2,1H3. The average molecular weight is 278 g/mol. The van der Waals surface area contributed by atoms with E-state index >= 15 is 0 Å². The number of hydrogen-bond acceptors (Lipinski definition) is 2. The van der Waals surface area contributed by atoms with Crippen molar-refractivity contribution in [3.05, 3.63) is 34.9 Å². The number of piperidine rings is 1. The van der Waals surface area contributed by atoms with E-state index in [0.29, 0.717) is 0 Å². The molecule has 19 heavy (non-hydrogen) atoms. The molecule has 1 aliphatic rings. The van der Waals surface area contributed by atoms with Gasteiger partial charge in [-0.1, -0.05) is 36.4 Å². The van der Waals surface area contributed by atoms with Crippen molar-refractivity contribution in [3.8, 4) is 11.8 Å². The zero-order chi connectivity index (χ0) is 13.7. The van der Waals surface area contributed by atoms with Gasteiger partial charge in [0.1, 0.15) is 0 Å². The Bertz CT molecular complexity index is 491. The summed E-state index contributed by atoms with van der Waals surface area (Å²) in [7, 11) is 0. The molecule has 1 N–H and O–H groups in total. The van der Waals surface area contributed by atoms with Crippen LogP contribution in [0.25, 0.3) is 0 Å². The Morgan fingerprint density at radius 1 is 1.47 bits per heavy atom. The smallest absolute Gasteiger partial charge is 0.0605 e. The molecule has 0 radical (unpaired) electrons. The topological polar surface area (TPSA) is 23.5 Å². The van der Waals surface area contributed by atoms with Crippen LogP contribution < -0.4 is 0 Å². The van der Waals surface area contributed by atoms with Gasteiger partial charge in [0.2, 0.25) is 0 Å². The number of aliphatic hydroxyl groups excluding tert-OH is 1. The molecule has 0 aromatic heterocycles. The lowest BCUT2D eigenvalue weighted by molar-refractivity contribution is 0.0532. The number of nitrogens with zero attached hydrogens (tertiary/aromatic N) is 1. The number of likely N-dealkylation sites (tertiary alicyclic amines) is 1. The van der Waals surface area contributed by atoms with Crippen molar-refractivity contribution in [2.45, 2.75) is 19.8 Å². The van der Waals surface area contributed by atoms with Crippen molar-refractivity contribution in [3.63, 3.8) is 0 Å². The van der Waals surface area contributed by atoms with Crippen LogP contribution in [0.3, 0.4) is 0 Å². The van der Waals surface area contributed by atoms with Crippen molar-refractivity contribution in [1.29, 1.82) is 0 Å². The zero-order valence-electron chi connectivity index (χ0n) is 11.3. The maximum Gasteiger partial charge on any atom is 0.0605 e. The van der Waals surface area contributed by atoms with E-state index in [0.717, 1.165) is 43.1 Å². The minimum atomic E-state index is 0.0377. The molecule has 1 fully saturated rings. The lowest BCUT2D eigenvalue weighted by Crippen LogP contribution is -2.43. The molecule has 1 aromatic carbocycles. The number of hydrogen-bond donors (Lipinski definition) is 1. The van der Waals surface area contributed by atoms with Gasteiger partial charge in [0, 0.05) is 29.2 Å². The van der Waals surface area contributed by atoms with Gasteiger partial charge < -0.3 is 5.11 Å². The molecule has 2 rings (SSSR count). The summed E-state index contributed by atoms with van der Waals surface area (Å²) < 4.78 is 0. The fourth-order valence-corrected chi connectivity index (χ4v) is 2.70. The SMILES string of the molecule is CC1(CO)CCCN(CC#Cc2cccc(Cl)c2)C1. The van der Waals surface area contributed by atoms with E-state index < -0.39 is 0 Å². The van der Waals surface area contributed by atoms with Gasteiger partial charge in [-0.05, 0) is 37.6 Å². The summed E-state index contributed by atoms with van der Waals surface area (Å²) in [6.45, 7) is 5.14. The molecule has 0 spiro atoms. The second-order valence-electron chi connectivity index (χ2n) is 5.60. The Balaban J connectivity index is 1.92. The molecule has 1 saturated heterocycles. The second-order valence-corrected chi connectivity index (χ2v) is 6.03. The number of halogens is 1. The minimum Gasteiger partial charge on any atom is -0.396 e. The maximum atomic E-state index is 9.42. The van der Waals surface area contributed by atoms with E-state index in [1.807, 2.05) is 24.3 Å². The Kier molecular flexibility index (Phi) is 4.87. The fraction of sp³-hybridized carbons (Fsp3) is 0.500. The number of rotatable bonds is 2. The molecule has 102 valence electrons. The van der Waals surface area contributed by atoms with Crippen molar-refractivity contribution in [2.24, 2.45) is 5.41 Å². The molecule has 1 atom stereocenters. The van der Waals surface area contributed by atoms with Gasteiger partial charge in [-0.25, -0.2) is 0 Å². The summed E-state index contributed by atoms with van der Waals surface area (Å²) in [6, 6.07) is 7.61. The zero-order valence-corrected chi connectivity index (χ0v) is 12.1. The van der Waals surface area contributed by atoms with E-state index in [1.54, 1.807) is 0 Å². The molecule has 2 nitrogen and oxygen atoms in total. The monoisotopic (exact) mass is 277 g/mol. The van der Waals surface area contributed by atoms with E-state index in [9.17, 15) is 5.11 Å². The summed E-state index contributed by atoms with van der Waals surface area (Å²) in [5.41, 5.74) is 0.991. The van der Waals surface area contributed by atoms with Gasteiger partial charge in [0.05, 0.1) is 6.54 Å². The Morgan fingerprint density at radius 3 is 3.05 bits per heavy atom. The van der Waals surface area contributed by atoms with Gasteiger partial charge >= 0.3 is 0 Å². The van der Waals surface area contributed by atoms with Crippen LogP contribution in [-0.4, -0.2) is 36.2 Å². The summed E-state index contributed by atoms with van der Waals surface area (Å²) in [5.74, 6) is 6.34. The molecule has 1 aromatic rings. The first-order valence-electron chi connectivity index (χ1n) is 6.69. The first-order valence-corrected chi connectivity index (χ1v) is 7.07. The molecule has 3 heteroatoms. The Labute approximate surface area is 120 Å². The van der Waals surface area contributed by atoms with Gasteiger partial charge in [-0.2, -0.15) is 0 Å². The minimum absolute atomic E-state index is 0.0377. The number of benzene rings is 1. The second kappa shape index (κ2) is 6.43. The summed E-state index contributed by atoms with van der Waals surface area (Å²) in [6.07, 6.45) is 2.23. The third kappa shape index (κ3) is 4.24. The van der Waals surface area contributed by atoms with Crippen LogP contribution in [0.15, 0.2) is 24.3 Å². The van der Waals surface area contributed by atoms with Crippen LogP contribution in [0.4, 0.5) is 0 Å². The third-order valence-corrected chi connectivity index (χ3v) is 3.84. The summed E-state index contributed by atoms with van der Waals surface area (Å²) in [5, 5.41) is 10.1. The Hall–Kier alpha value is -1.01. The van der Waals surface area contributed by atoms with Crippen LogP contribution in [0.5, 0.6) is 0 Å². The molecule has 1 unspecified atom stereocenters. The van der Waals surface area contributed by atoms with Crippen molar-refractivity contribution in [2.75, 3.05) is 26.2 Å². The van der Waals surface area contributed by atoms with Gasteiger partial charge in [-0.3, -0.25) is 4.90 Å². The van der Waals surface area contributed by atoms with Crippen LogP contribution in [-0.2, 0) is 0 Å². The van der Waals surface area contributed by atoms with E-state index in [1.165, 1.54) is 0 Å². The first-order chi connectivity index (χ1) is 9.11. The lowest BCUT2D eigenvalue weighted by Gasteiger charge is -2.38. The highest BCUT2D eigenvalue weighted by Gasteiger charge is 2.29. The van der Waals surface area contributed by atoms with Gasteiger partial charge in [0.25, 0.3) is 0 Å². The van der Waals surface area contributed by atoms with Crippen LogP contribution in [0, 0.1) is 17.3 Å². The highest BCUT2D eigenvalue weighted by molar-refractivity contribution is 6.30. The van der Waals surface area contributed by atoms with Crippen LogP contribution >= 0.6 is 11.6 Å². The van der Waals surface area contributed by atoms with Crippen molar-refractivity contribution < 1.29 is 5.11 Å². The molecule has 0 saturated carbocycles. The first kappa shape index (κ1) is 14.4. The highest BCUT2D eigenvalue weighted by Crippen LogP contribution is 2.28. The summed E-state index contributed by atoms with van der Waals surface area (Å²) >= 11 is 5.92. The average Bonchev–Trinajstić information content (AvgIpc) is 2.39.